The predicted octanol–water partition coefficient (Wildman–Crippen LogP) is 5.47. The summed E-state index contributed by atoms with van der Waals surface area (Å²) in [7, 11) is 0. The Morgan fingerprint density at radius 3 is 2.41 bits per heavy atom. The van der Waals surface area contributed by atoms with Crippen molar-refractivity contribution in [3.63, 3.8) is 0 Å². The lowest BCUT2D eigenvalue weighted by atomic mass is 9.88. The van der Waals surface area contributed by atoms with Gasteiger partial charge in [-0.25, -0.2) is 0 Å². The van der Waals surface area contributed by atoms with Crippen LogP contribution in [-0.2, 0) is 0 Å². The van der Waals surface area contributed by atoms with E-state index in [1.165, 1.54) is 43.2 Å². The second kappa shape index (κ2) is 7.92. The molecule has 1 fully saturated rings. The number of hydrogen-bond donors (Lipinski definition) is 0. The zero-order valence-electron chi connectivity index (χ0n) is 11.2. The first kappa shape index (κ1) is 13.8. The first-order valence-electron chi connectivity index (χ1n) is 6.85. The minimum Gasteiger partial charge on any atom is -0.129 e. The highest BCUT2D eigenvalue weighted by Crippen LogP contribution is 2.35. The summed E-state index contributed by atoms with van der Waals surface area (Å²) < 4.78 is 0. The van der Waals surface area contributed by atoms with Crippen LogP contribution in [0.4, 0.5) is 0 Å². The molecule has 1 saturated carbocycles. The van der Waals surface area contributed by atoms with E-state index < -0.39 is 0 Å². The summed E-state index contributed by atoms with van der Waals surface area (Å²) in [5.74, 6) is 0.575. The lowest BCUT2D eigenvalue weighted by Crippen LogP contribution is -1.99. The fraction of sp³-hybridized carbons (Fsp3) is 0.471. The van der Waals surface area contributed by atoms with E-state index in [-0.39, 0.29) is 0 Å². The summed E-state index contributed by atoms with van der Waals surface area (Å²) in [5, 5.41) is 0. The molecule has 0 bridgehead atoms. The lowest BCUT2D eigenvalue weighted by molar-refractivity contribution is 0.662. The highest BCUT2D eigenvalue weighted by molar-refractivity contribution is 5.28. The smallest absolute Gasteiger partial charge is 0.0124 e. The third kappa shape index (κ3) is 3.91. The number of benzene rings is 1. The van der Waals surface area contributed by atoms with Crippen LogP contribution in [0.3, 0.4) is 0 Å². The molecule has 1 aliphatic carbocycles. The van der Waals surface area contributed by atoms with Crippen LogP contribution in [0, 0.1) is 0 Å². The van der Waals surface area contributed by atoms with E-state index in [2.05, 4.69) is 42.6 Å². The van der Waals surface area contributed by atoms with E-state index >= 15 is 0 Å². The molecule has 92 valence electrons. The number of rotatable bonds is 1. The van der Waals surface area contributed by atoms with Crippen LogP contribution in [-0.4, -0.2) is 0 Å². The van der Waals surface area contributed by atoms with E-state index in [0.29, 0.717) is 5.92 Å². The van der Waals surface area contributed by atoms with Crippen molar-refractivity contribution in [2.24, 2.45) is 0 Å². The van der Waals surface area contributed by atoms with E-state index in [9.17, 15) is 0 Å². The Hall–Kier alpha value is -1.26. The van der Waals surface area contributed by atoms with Crippen LogP contribution in [0.25, 0.3) is 0 Å². The molecule has 0 aliphatic heterocycles. The number of hydrogen-bond acceptors (Lipinski definition) is 0. The van der Waals surface area contributed by atoms with Gasteiger partial charge in [0.2, 0.25) is 0 Å². The first-order chi connectivity index (χ1) is 8.42. The Kier molecular flexibility index (Phi) is 6.43. The van der Waals surface area contributed by atoms with Crippen LogP contribution in [0.2, 0.25) is 0 Å². The summed E-state index contributed by atoms with van der Waals surface area (Å²) in [5.41, 5.74) is 6.01. The van der Waals surface area contributed by atoms with Crippen LogP contribution < -0.4 is 0 Å². The monoisotopic (exact) mass is 228 g/mol. The average molecular weight is 228 g/mol. The van der Waals surface area contributed by atoms with Gasteiger partial charge in [0.25, 0.3) is 0 Å². The van der Waals surface area contributed by atoms with Crippen molar-refractivity contribution in [1.82, 2.24) is 0 Å². The van der Waals surface area contributed by atoms with Gasteiger partial charge in [-0.2, -0.15) is 0 Å². The standard InChI is InChI=1S/C15H18.C2H6/c1-2-13-9-5-4-8-12-15(13)14-10-6-3-7-11-14;1-2/h3,6-7,10-11,15H,1,4-5,8-9,12H2;1-2H3. The van der Waals surface area contributed by atoms with E-state index in [1.54, 1.807) is 0 Å². The maximum atomic E-state index is 3.84. The van der Waals surface area contributed by atoms with Gasteiger partial charge in [0.05, 0.1) is 0 Å². The minimum atomic E-state index is 0.575. The fourth-order valence-electron chi connectivity index (χ4n) is 2.45. The lowest BCUT2D eigenvalue weighted by Gasteiger charge is -2.16. The molecule has 0 heteroatoms. The van der Waals surface area contributed by atoms with Crippen LogP contribution in [0.1, 0.15) is 57.4 Å². The molecule has 1 aromatic carbocycles. The Morgan fingerprint density at radius 1 is 1.06 bits per heavy atom. The minimum absolute atomic E-state index is 0.575. The van der Waals surface area contributed by atoms with Crippen LogP contribution >= 0.6 is 0 Å². The Morgan fingerprint density at radius 2 is 1.76 bits per heavy atom. The van der Waals surface area contributed by atoms with Crippen molar-refractivity contribution in [1.29, 1.82) is 0 Å². The van der Waals surface area contributed by atoms with E-state index in [4.69, 9.17) is 0 Å². The van der Waals surface area contributed by atoms with Gasteiger partial charge in [0.15, 0.2) is 0 Å². The van der Waals surface area contributed by atoms with E-state index in [1.807, 2.05) is 13.8 Å². The quantitative estimate of drug-likeness (QED) is 0.441. The third-order valence-corrected chi connectivity index (χ3v) is 3.29. The fourth-order valence-corrected chi connectivity index (χ4v) is 2.45. The molecule has 0 aromatic heterocycles. The van der Waals surface area contributed by atoms with Crippen molar-refractivity contribution in [3.05, 3.63) is 53.8 Å². The van der Waals surface area contributed by atoms with Crippen molar-refractivity contribution in [2.45, 2.75) is 51.9 Å². The summed E-state index contributed by atoms with van der Waals surface area (Å²) >= 11 is 0. The second-order valence-electron chi connectivity index (χ2n) is 4.26. The van der Waals surface area contributed by atoms with E-state index in [0.717, 1.165) is 0 Å². The molecule has 2 rings (SSSR count). The van der Waals surface area contributed by atoms with Gasteiger partial charge in [-0.3, -0.25) is 0 Å². The zero-order valence-corrected chi connectivity index (χ0v) is 11.2. The first-order valence-corrected chi connectivity index (χ1v) is 6.85. The Balaban J connectivity index is 0.000000686. The molecule has 0 N–H and O–H groups in total. The summed E-state index contributed by atoms with van der Waals surface area (Å²) in [4.78, 5) is 0. The molecule has 0 saturated heterocycles. The molecule has 1 aliphatic rings. The normalized spacial score (nSPS) is 19.6. The van der Waals surface area contributed by atoms with Gasteiger partial charge in [0, 0.05) is 5.92 Å². The molecule has 0 spiro atoms. The molecular formula is C17H24. The van der Waals surface area contributed by atoms with Gasteiger partial charge >= 0.3 is 0 Å². The molecule has 0 radical (unpaired) electrons. The SMILES string of the molecule is C=C=C1CCCCCC1c1ccccc1.CC. The predicted molar refractivity (Wildman–Crippen MR) is 76.3 cm³/mol. The van der Waals surface area contributed by atoms with Crippen molar-refractivity contribution >= 4 is 0 Å². The topological polar surface area (TPSA) is 0 Å². The molecule has 1 aromatic rings. The summed E-state index contributed by atoms with van der Waals surface area (Å²) in [6, 6.07) is 10.8. The molecule has 17 heavy (non-hydrogen) atoms. The molecule has 0 heterocycles. The molecule has 0 nitrogen and oxygen atoms in total. The van der Waals surface area contributed by atoms with Gasteiger partial charge in [-0.1, -0.05) is 63.6 Å². The van der Waals surface area contributed by atoms with Gasteiger partial charge in [0.1, 0.15) is 0 Å². The molecule has 1 unspecified atom stereocenters. The summed E-state index contributed by atoms with van der Waals surface area (Å²) in [6.45, 7) is 7.84. The van der Waals surface area contributed by atoms with Gasteiger partial charge < -0.3 is 0 Å². The van der Waals surface area contributed by atoms with Crippen molar-refractivity contribution in [3.8, 4) is 0 Å². The molecule has 0 amide bonds. The summed E-state index contributed by atoms with van der Waals surface area (Å²) in [6.07, 6.45) is 6.45. The average Bonchev–Trinajstić information content (AvgIpc) is 2.67. The second-order valence-corrected chi connectivity index (χ2v) is 4.26. The highest BCUT2D eigenvalue weighted by Gasteiger charge is 2.18. The highest BCUT2D eigenvalue weighted by atomic mass is 14.2. The number of allylic oxidation sites excluding steroid dienone is 1. The maximum Gasteiger partial charge on any atom is 0.0124 e. The van der Waals surface area contributed by atoms with Gasteiger partial charge in [-0.05, 0) is 30.4 Å². The maximum absolute atomic E-state index is 3.84. The Bertz CT molecular complexity index is 355. The van der Waals surface area contributed by atoms with Crippen LogP contribution in [0.5, 0.6) is 0 Å². The zero-order chi connectivity index (χ0) is 12.5. The van der Waals surface area contributed by atoms with Gasteiger partial charge in [-0.15, -0.1) is 5.73 Å². The van der Waals surface area contributed by atoms with Crippen molar-refractivity contribution in [2.75, 3.05) is 0 Å². The van der Waals surface area contributed by atoms with Crippen LogP contribution in [0.15, 0.2) is 48.2 Å². The molecular weight excluding hydrogens is 204 g/mol. The Labute approximate surface area is 106 Å². The van der Waals surface area contributed by atoms with Crippen molar-refractivity contribution < 1.29 is 0 Å². The third-order valence-electron chi connectivity index (χ3n) is 3.29. The largest absolute Gasteiger partial charge is 0.129 e. The molecule has 1 atom stereocenters.